The van der Waals surface area contributed by atoms with Crippen LogP contribution in [0.15, 0.2) is 36.9 Å². The van der Waals surface area contributed by atoms with Crippen LogP contribution in [-0.4, -0.2) is 80.6 Å². The zero-order chi connectivity index (χ0) is 26.1. The highest BCUT2D eigenvalue weighted by Crippen LogP contribution is 2.23. The first-order valence-electron chi connectivity index (χ1n) is 10.5. The molecule has 3 N–H and O–H groups in total. The lowest BCUT2D eigenvalue weighted by molar-refractivity contribution is -0.172. The van der Waals surface area contributed by atoms with Crippen LogP contribution < -0.4 is 16.0 Å². The van der Waals surface area contributed by atoms with Gasteiger partial charge >= 0.3 is 18.0 Å². The minimum absolute atomic E-state index is 0.0185. The van der Waals surface area contributed by atoms with Gasteiger partial charge in [-0.3, -0.25) is 14.4 Å². The molecule has 1 aliphatic heterocycles. The zero-order valence-corrected chi connectivity index (χ0v) is 19.6. The summed E-state index contributed by atoms with van der Waals surface area (Å²) in [4.78, 5) is 67.2. The van der Waals surface area contributed by atoms with Crippen molar-refractivity contribution in [3.63, 3.8) is 0 Å². The monoisotopic (exact) mass is 492 g/mol. The summed E-state index contributed by atoms with van der Waals surface area (Å²) in [5.41, 5.74) is 5.61. The Morgan fingerprint density at radius 3 is 2.69 bits per heavy atom. The predicted molar refractivity (Wildman–Crippen MR) is 121 cm³/mol. The molecular formula is C22H28N4O9. The average molecular weight is 492 g/mol. The number of esters is 2. The molecule has 3 atom stereocenters. The largest absolute Gasteiger partial charge is 0.465 e. The molecule has 0 bridgehead atoms. The topological polar surface area (TPSA) is 167 Å². The van der Waals surface area contributed by atoms with E-state index in [0.29, 0.717) is 5.69 Å². The van der Waals surface area contributed by atoms with Crippen molar-refractivity contribution in [3.05, 3.63) is 42.5 Å². The van der Waals surface area contributed by atoms with Crippen molar-refractivity contribution in [1.29, 1.82) is 0 Å². The highest BCUT2D eigenvalue weighted by atomic mass is 16.7. The number of amides is 3. The van der Waals surface area contributed by atoms with Crippen molar-refractivity contribution in [2.75, 3.05) is 32.2 Å². The van der Waals surface area contributed by atoms with Gasteiger partial charge in [0, 0.05) is 32.6 Å². The third kappa shape index (κ3) is 7.25. The maximum atomic E-state index is 13.3. The van der Waals surface area contributed by atoms with E-state index in [2.05, 4.69) is 11.9 Å². The number of nitrogens with one attached hydrogen (secondary N) is 1. The molecule has 1 aliphatic rings. The fourth-order valence-corrected chi connectivity index (χ4v) is 3.34. The number of nitrogens with two attached hydrogens (primary N) is 1. The van der Waals surface area contributed by atoms with Gasteiger partial charge in [0.2, 0.25) is 6.10 Å². The van der Waals surface area contributed by atoms with Crippen LogP contribution in [0.5, 0.6) is 0 Å². The van der Waals surface area contributed by atoms with Crippen LogP contribution in [0.1, 0.15) is 23.7 Å². The number of rotatable bonds is 10. The van der Waals surface area contributed by atoms with E-state index in [9.17, 15) is 24.0 Å². The SMILES string of the molecule is C=CCC(NC(=O)[C@H](OC(C)=O)[C@H]1OCCN(c2cccc(C(=O)OC)c2)C1=O)N(C)OC(N)=O. The Labute approximate surface area is 201 Å². The summed E-state index contributed by atoms with van der Waals surface area (Å²) in [6.07, 6.45) is -3.62. The summed E-state index contributed by atoms with van der Waals surface area (Å²) in [5.74, 6) is -2.96. The standard InChI is InChI=1S/C22H28N4O9/c1-5-7-16(25(3)35-22(23)31)24-19(28)17(34-13(2)27)18-20(29)26(10-11-33-18)15-9-6-8-14(12-15)21(30)32-4/h5-6,8-9,12,16-18H,1,7,10-11H2,2-4H3,(H2,23,31)(H,24,28)/t16?,17-,18-/m1/s1. The lowest BCUT2D eigenvalue weighted by Gasteiger charge is -2.36. The van der Waals surface area contributed by atoms with Gasteiger partial charge in [-0.05, 0) is 18.2 Å². The van der Waals surface area contributed by atoms with Crippen molar-refractivity contribution in [3.8, 4) is 0 Å². The molecule has 35 heavy (non-hydrogen) atoms. The van der Waals surface area contributed by atoms with Crippen molar-refractivity contribution in [2.45, 2.75) is 31.7 Å². The van der Waals surface area contributed by atoms with Crippen LogP contribution >= 0.6 is 0 Å². The summed E-state index contributed by atoms with van der Waals surface area (Å²) in [6.45, 7) is 4.80. The first-order chi connectivity index (χ1) is 16.6. The molecule has 1 unspecified atom stereocenters. The van der Waals surface area contributed by atoms with Crippen molar-refractivity contribution < 1.29 is 43.0 Å². The molecule has 3 amide bonds. The minimum atomic E-state index is -1.67. The van der Waals surface area contributed by atoms with Gasteiger partial charge in [-0.15, -0.1) is 11.6 Å². The van der Waals surface area contributed by atoms with Gasteiger partial charge in [0.25, 0.3) is 11.8 Å². The van der Waals surface area contributed by atoms with E-state index in [1.165, 1.54) is 37.3 Å². The highest BCUT2D eigenvalue weighted by molar-refractivity contribution is 6.02. The minimum Gasteiger partial charge on any atom is -0.465 e. The van der Waals surface area contributed by atoms with Crippen LogP contribution in [0.2, 0.25) is 0 Å². The number of benzene rings is 1. The highest BCUT2D eigenvalue weighted by Gasteiger charge is 2.43. The third-order valence-corrected chi connectivity index (χ3v) is 4.90. The number of hydroxylamine groups is 2. The smallest absolute Gasteiger partial charge is 0.423 e. The van der Waals surface area contributed by atoms with E-state index in [-0.39, 0.29) is 25.1 Å². The fraction of sp³-hybridized carbons (Fsp3) is 0.409. The van der Waals surface area contributed by atoms with E-state index in [4.69, 9.17) is 24.8 Å². The zero-order valence-electron chi connectivity index (χ0n) is 19.6. The summed E-state index contributed by atoms with van der Waals surface area (Å²) in [7, 11) is 2.58. The van der Waals surface area contributed by atoms with Crippen LogP contribution in [-0.2, 0) is 33.4 Å². The van der Waals surface area contributed by atoms with Crippen LogP contribution in [0.25, 0.3) is 0 Å². The van der Waals surface area contributed by atoms with Crippen molar-refractivity contribution >= 4 is 35.5 Å². The number of methoxy groups -OCH3 is 1. The second-order valence-electron chi connectivity index (χ2n) is 7.36. The Morgan fingerprint density at radius 2 is 2.09 bits per heavy atom. The van der Waals surface area contributed by atoms with Gasteiger partial charge in [-0.1, -0.05) is 12.1 Å². The molecule has 190 valence electrons. The number of nitrogens with zero attached hydrogens (tertiary/aromatic N) is 2. The van der Waals surface area contributed by atoms with E-state index in [1.807, 2.05) is 0 Å². The normalized spacial score (nSPS) is 17.2. The number of hydrogen-bond donors (Lipinski definition) is 2. The summed E-state index contributed by atoms with van der Waals surface area (Å²) in [5, 5.41) is 3.51. The van der Waals surface area contributed by atoms with E-state index < -0.39 is 48.2 Å². The number of primary amides is 1. The average Bonchev–Trinajstić information content (AvgIpc) is 2.81. The lowest BCUT2D eigenvalue weighted by Crippen LogP contribution is -2.59. The summed E-state index contributed by atoms with van der Waals surface area (Å²) < 4.78 is 15.4. The van der Waals surface area contributed by atoms with Crippen molar-refractivity contribution in [1.82, 2.24) is 10.4 Å². The Balaban J connectivity index is 2.29. The van der Waals surface area contributed by atoms with E-state index in [0.717, 1.165) is 12.0 Å². The van der Waals surface area contributed by atoms with Gasteiger partial charge in [0.1, 0.15) is 6.17 Å². The van der Waals surface area contributed by atoms with Gasteiger partial charge in [-0.25, -0.2) is 9.59 Å². The molecule has 1 heterocycles. The van der Waals surface area contributed by atoms with Crippen LogP contribution in [0, 0.1) is 0 Å². The molecule has 0 spiro atoms. The van der Waals surface area contributed by atoms with Gasteiger partial charge in [0.05, 0.1) is 19.3 Å². The molecule has 1 saturated heterocycles. The summed E-state index contributed by atoms with van der Waals surface area (Å²) >= 11 is 0. The van der Waals surface area contributed by atoms with Gasteiger partial charge in [-0.2, -0.15) is 0 Å². The van der Waals surface area contributed by atoms with E-state index in [1.54, 1.807) is 12.1 Å². The molecule has 2 rings (SSSR count). The molecule has 1 aromatic rings. The number of ether oxygens (including phenoxy) is 3. The Morgan fingerprint density at radius 1 is 1.37 bits per heavy atom. The second-order valence-corrected chi connectivity index (χ2v) is 7.36. The number of carbonyl (C=O) groups excluding carboxylic acids is 5. The molecule has 13 nitrogen and oxygen atoms in total. The Kier molecular flexibility index (Phi) is 9.73. The Bertz CT molecular complexity index is 983. The Hall–Kier alpha value is -3.97. The van der Waals surface area contributed by atoms with Crippen LogP contribution in [0.3, 0.4) is 0 Å². The maximum Gasteiger partial charge on any atom is 0.423 e. The van der Waals surface area contributed by atoms with Gasteiger partial charge < -0.3 is 35.0 Å². The number of anilines is 1. The van der Waals surface area contributed by atoms with Crippen LogP contribution in [0.4, 0.5) is 10.5 Å². The maximum absolute atomic E-state index is 13.3. The molecule has 0 aliphatic carbocycles. The molecule has 1 fully saturated rings. The quantitative estimate of drug-likeness (QED) is 0.198. The first kappa shape index (κ1) is 27.3. The first-order valence-corrected chi connectivity index (χ1v) is 10.5. The third-order valence-electron chi connectivity index (χ3n) is 4.90. The van der Waals surface area contributed by atoms with Gasteiger partial charge in [0.15, 0.2) is 6.10 Å². The molecular weight excluding hydrogens is 464 g/mol. The van der Waals surface area contributed by atoms with E-state index >= 15 is 0 Å². The second kappa shape index (κ2) is 12.5. The number of hydrogen-bond acceptors (Lipinski definition) is 10. The predicted octanol–water partition coefficient (Wildman–Crippen LogP) is 0.0972. The number of carbonyl (C=O) groups is 5. The molecule has 0 aromatic heterocycles. The molecule has 1 aromatic carbocycles. The lowest BCUT2D eigenvalue weighted by atomic mass is 10.1. The molecule has 0 saturated carbocycles. The molecule has 0 radical (unpaired) electrons. The molecule has 13 heteroatoms. The fourth-order valence-electron chi connectivity index (χ4n) is 3.34. The number of morpholine rings is 1. The van der Waals surface area contributed by atoms with Crippen molar-refractivity contribution in [2.24, 2.45) is 5.73 Å². The summed E-state index contributed by atoms with van der Waals surface area (Å²) in [6, 6.07) is 6.16.